The van der Waals surface area contributed by atoms with Gasteiger partial charge in [-0.05, 0) is 66.1 Å². The molecular weight excluding hydrogens is 426 g/mol. The Kier molecular flexibility index (Phi) is 4.61. The molecule has 0 radical (unpaired) electrons. The molecule has 1 saturated heterocycles. The summed E-state index contributed by atoms with van der Waals surface area (Å²) in [6.07, 6.45) is 4.67. The van der Waals surface area contributed by atoms with E-state index in [2.05, 4.69) is 26.2 Å². The minimum atomic E-state index is -0.961. The van der Waals surface area contributed by atoms with Gasteiger partial charge in [0.1, 0.15) is 6.04 Å². The molecule has 33 heavy (non-hydrogen) atoms. The topological polar surface area (TPSA) is 139 Å². The Morgan fingerprint density at radius 1 is 1.03 bits per heavy atom. The number of carbonyl (C=O) groups is 4. The fourth-order valence-corrected chi connectivity index (χ4v) is 4.74. The summed E-state index contributed by atoms with van der Waals surface area (Å²) in [5, 5.41) is 18.1. The van der Waals surface area contributed by atoms with Crippen LogP contribution in [0.3, 0.4) is 0 Å². The van der Waals surface area contributed by atoms with Crippen molar-refractivity contribution in [2.24, 2.45) is 5.92 Å². The number of amides is 4. The summed E-state index contributed by atoms with van der Waals surface area (Å²) in [5.41, 5.74) is 1.43. The van der Waals surface area contributed by atoms with Crippen LogP contribution in [0.25, 0.3) is 0 Å². The molecule has 2 aromatic rings. The van der Waals surface area contributed by atoms with E-state index in [-0.39, 0.29) is 35.9 Å². The first kappa shape index (κ1) is 20.2. The van der Waals surface area contributed by atoms with Gasteiger partial charge in [0.2, 0.25) is 11.8 Å². The maximum absolute atomic E-state index is 13.0. The number of carbonyl (C=O) groups excluding carboxylic acids is 4. The Labute approximate surface area is 188 Å². The Bertz CT molecular complexity index is 1180. The highest BCUT2D eigenvalue weighted by Gasteiger charge is 2.45. The number of rotatable bonds is 7. The number of nitrogens with one attached hydrogen (secondary N) is 2. The lowest BCUT2D eigenvalue weighted by atomic mass is 10.0. The highest BCUT2D eigenvalue weighted by Crippen LogP contribution is 2.43. The molecule has 3 fully saturated rings. The van der Waals surface area contributed by atoms with Gasteiger partial charge < -0.3 is 5.32 Å². The van der Waals surface area contributed by atoms with Crippen LogP contribution in [0.15, 0.2) is 18.2 Å². The Hall–Kier alpha value is -3.47. The van der Waals surface area contributed by atoms with Crippen molar-refractivity contribution in [1.29, 1.82) is 0 Å². The second-order valence-corrected chi connectivity index (χ2v) is 9.24. The standard InChI is InChI=1S/C22H23N7O4/c30-17-8-7-16(20(31)24-17)28-21(32)14-6-1-11(9-15(14)22(28)33)10-23-18(12-2-3-12)19-25-26-27-29(19)13-4-5-13/h1,6,9,12-13,16,18,23H,2-5,7-8,10H2,(H,24,30,31). The Morgan fingerprint density at radius 3 is 2.55 bits per heavy atom. The van der Waals surface area contributed by atoms with Crippen molar-refractivity contribution < 1.29 is 19.2 Å². The molecule has 2 aliphatic carbocycles. The third-order valence-electron chi connectivity index (χ3n) is 6.81. The fourth-order valence-electron chi connectivity index (χ4n) is 4.74. The minimum absolute atomic E-state index is 0.0335. The van der Waals surface area contributed by atoms with Gasteiger partial charge in [0.05, 0.1) is 23.2 Å². The van der Waals surface area contributed by atoms with Crippen LogP contribution >= 0.6 is 0 Å². The number of hydrogen-bond acceptors (Lipinski definition) is 8. The number of tetrazole rings is 1. The zero-order valence-electron chi connectivity index (χ0n) is 17.9. The molecule has 1 aromatic heterocycles. The number of aromatic nitrogens is 4. The van der Waals surface area contributed by atoms with Gasteiger partial charge in [0.25, 0.3) is 11.8 Å². The number of nitrogens with zero attached hydrogens (tertiary/aromatic N) is 5. The Balaban J connectivity index is 1.20. The molecule has 4 amide bonds. The number of hydrogen-bond donors (Lipinski definition) is 2. The van der Waals surface area contributed by atoms with Crippen LogP contribution in [0.4, 0.5) is 0 Å². The lowest BCUT2D eigenvalue weighted by Crippen LogP contribution is -2.54. The van der Waals surface area contributed by atoms with Crippen molar-refractivity contribution in [3.63, 3.8) is 0 Å². The molecule has 1 aromatic carbocycles. The van der Waals surface area contributed by atoms with E-state index >= 15 is 0 Å². The molecule has 2 unspecified atom stereocenters. The molecule has 2 N–H and O–H groups in total. The van der Waals surface area contributed by atoms with Crippen LogP contribution in [0.1, 0.15) is 82.7 Å². The van der Waals surface area contributed by atoms with Gasteiger partial charge in [-0.15, -0.1) is 5.10 Å². The zero-order valence-corrected chi connectivity index (χ0v) is 17.9. The molecule has 11 heteroatoms. The number of imide groups is 2. The van der Waals surface area contributed by atoms with E-state index in [9.17, 15) is 19.2 Å². The quantitative estimate of drug-likeness (QED) is 0.588. The van der Waals surface area contributed by atoms with Crippen LogP contribution in [0, 0.1) is 5.92 Å². The highest BCUT2D eigenvalue weighted by molar-refractivity contribution is 6.23. The van der Waals surface area contributed by atoms with E-state index in [4.69, 9.17) is 0 Å². The van der Waals surface area contributed by atoms with Crippen LogP contribution in [-0.4, -0.2) is 54.8 Å². The molecular formula is C22H23N7O4. The van der Waals surface area contributed by atoms with Gasteiger partial charge in [-0.2, -0.15) is 0 Å². The maximum Gasteiger partial charge on any atom is 0.262 e. The Morgan fingerprint density at radius 2 is 1.82 bits per heavy atom. The van der Waals surface area contributed by atoms with Crippen molar-refractivity contribution in [2.45, 2.75) is 63.2 Å². The molecule has 3 heterocycles. The first-order valence-electron chi connectivity index (χ1n) is 11.4. The average molecular weight is 449 g/mol. The van der Waals surface area contributed by atoms with Gasteiger partial charge in [0, 0.05) is 13.0 Å². The summed E-state index contributed by atoms with van der Waals surface area (Å²) in [7, 11) is 0. The van der Waals surface area contributed by atoms with Crippen molar-refractivity contribution >= 4 is 23.6 Å². The van der Waals surface area contributed by atoms with E-state index in [1.165, 1.54) is 0 Å². The first-order valence-corrected chi connectivity index (χ1v) is 11.4. The van der Waals surface area contributed by atoms with Gasteiger partial charge in [0.15, 0.2) is 5.82 Å². The van der Waals surface area contributed by atoms with Crippen molar-refractivity contribution in [3.8, 4) is 0 Å². The number of fused-ring (bicyclic) bond motifs is 1. The second-order valence-electron chi connectivity index (χ2n) is 9.24. The van der Waals surface area contributed by atoms with Crippen LogP contribution < -0.4 is 10.6 Å². The van der Waals surface area contributed by atoms with Crippen LogP contribution in [-0.2, 0) is 16.1 Å². The molecule has 11 nitrogen and oxygen atoms in total. The van der Waals surface area contributed by atoms with Crippen molar-refractivity contribution in [1.82, 2.24) is 35.7 Å². The molecule has 170 valence electrons. The number of piperidine rings is 1. The first-order chi connectivity index (χ1) is 16.0. The van der Waals surface area contributed by atoms with E-state index in [1.807, 2.05) is 10.7 Å². The summed E-state index contributed by atoms with van der Waals surface area (Å²) >= 11 is 0. The summed E-state index contributed by atoms with van der Waals surface area (Å²) < 4.78 is 1.93. The summed E-state index contributed by atoms with van der Waals surface area (Å²) in [6, 6.07) is 4.63. The lowest BCUT2D eigenvalue weighted by molar-refractivity contribution is -0.136. The molecule has 0 spiro atoms. The molecule has 4 aliphatic rings. The van der Waals surface area contributed by atoms with Crippen molar-refractivity contribution in [2.75, 3.05) is 0 Å². The molecule has 6 rings (SSSR count). The van der Waals surface area contributed by atoms with E-state index < -0.39 is 23.8 Å². The van der Waals surface area contributed by atoms with Crippen molar-refractivity contribution in [3.05, 3.63) is 40.7 Å². The zero-order chi connectivity index (χ0) is 22.7. The predicted molar refractivity (Wildman–Crippen MR) is 112 cm³/mol. The van der Waals surface area contributed by atoms with E-state index in [0.717, 1.165) is 42.0 Å². The lowest BCUT2D eigenvalue weighted by Gasteiger charge is -2.27. The van der Waals surface area contributed by atoms with Crippen LogP contribution in [0.5, 0.6) is 0 Å². The third-order valence-corrected chi connectivity index (χ3v) is 6.81. The van der Waals surface area contributed by atoms with Gasteiger partial charge in [-0.1, -0.05) is 6.07 Å². The van der Waals surface area contributed by atoms with E-state index in [1.54, 1.807) is 12.1 Å². The summed E-state index contributed by atoms with van der Waals surface area (Å²) in [6.45, 7) is 0.492. The van der Waals surface area contributed by atoms with Crippen LogP contribution in [0.2, 0.25) is 0 Å². The molecule has 0 bridgehead atoms. The predicted octanol–water partition coefficient (Wildman–Crippen LogP) is 0.650. The third kappa shape index (κ3) is 3.52. The SMILES string of the molecule is O=C1CCC(N2C(=O)c3ccc(CNC(c4nnnn4C4CC4)C4CC4)cc3C2=O)C(=O)N1. The monoisotopic (exact) mass is 449 g/mol. The number of benzene rings is 1. The average Bonchev–Trinajstić information content (AvgIpc) is 3.73. The minimum Gasteiger partial charge on any atom is -0.303 e. The van der Waals surface area contributed by atoms with E-state index in [0.29, 0.717) is 18.5 Å². The highest BCUT2D eigenvalue weighted by atomic mass is 16.2. The normalized spacial score (nSPS) is 23.6. The van der Waals surface area contributed by atoms with Gasteiger partial charge >= 0.3 is 0 Å². The summed E-state index contributed by atoms with van der Waals surface area (Å²) in [5.74, 6) is -0.653. The summed E-state index contributed by atoms with van der Waals surface area (Å²) in [4.78, 5) is 50.6. The molecule has 2 atom stereocenters. The molecule has 2 aliphatic heterocycles. The van der Waals surface area contributed by atoms with Gasteiger partial charge in [-0.3, -0.25) is 29.4 Å². The van der Waals surface area contributed by atoms with Gasteiger partial charge in [-0.25, -0.2) is 4.68 Å². The molecule has 2 saturated carbocycles. The maximum atomic E-state index is 13.0. The second kappa shape index (κ2) is 7.55. The smallest absolute Gasteiger partial charge is 0.262 e. The largest absolute Gasteiger partial charge is 0.303 e. The fraction of sp³-hybridized carbons (Fsp3) is 0.500.